The summed E-state index contributed by atoms with van der Waals surface area (Å²) in [6.45, 7) is 0.0262. The van der Waals surface area contributed by atoms with Crippen LogP contribution >= 0.6 is 0 Å². The summed E-state index contributed by atoms with van der Waals surface area (Å²) in [4.78, 5) is 24.3. The number of amides is 2. The normalized spacial score (nSPS) is 17.8. The smallest absolute Gasteiger partial charge is 0.418 e. The van der Waals surface area contributed by atoms with Gasteiger partial charge < -0.3 is 30.6 Å². The predicted octanol–water partition coefficient (Wildman–Crippen LogP) is 3.26. The van der Waals surface area contributed by atoms with Crippen LogP contribution in [0.5, 0.6) is 0 Å². The van der Waals surface area contributed by atoms with E-state index < -0.39 is 35.2 Å². The highest BCUT2D eigenvalue weighted by Crippen LogP contribution is 2.35. The third-order valence-electron chi connectivity index (χ3n) is 4.94. The topological polar surface area (TPSA) is 145 Å². The number of carbonyl (C=O) groups excluding carboxylic acids is 2. The fourth-order valence-corrected chi connectivity index (χ4v) is 3.22. The Labute approximate surface area is 197 Å². The number of carbonyl (C=O) groups is 2. The standard InChI is InChI=1S/C22H20F3N5O5/c23-22(24,25)16-3-1-2-4-17(16)28-15-7-5-14(6-8-15)12-27-20(32)35-21(9-10-34-13-21)29-19(31)18(11-26)30-33/h1-8,28,33H,9-10,12-13H2,(H,27,32)(H,29,31)/t21-/m0/s1. The highest BCUT2D eigenvalue weighted by molar-refractivity contribution is 6.45. The Kier molecular flexibility index (Phi) is 7.77. The maximum Gasteiger partial charge on any atom is 0.418 e. The Morgan fingerprint density at radius 1 is 1.20 bits per heavy atom. The van der Waals surface area contributed by atoms with Gasteiger partial charge in [-0.25, -0.2) is 4.79 Å². The Morgan fingerprint density at radius 2 is 1.91 bits per heavy atom. The van der Waals surface area contributed by atoms with Crippen molar-refractivity contribution >= 4 is 29.1 Å². The average Bonchev–Trinajstić information content (AvgIpc) is 3.26. The van der Waals surface area contributed by atoms with Gasteiger partial charge in [0, 0.05) is 18.7 Å². The van der Waals surface area contributed by atoms with E-state index in [2.05, 4.69) is 21.1 Å². The molecule has 1 aliphatic heterocycles. The number of anilines is 2. The van der Waals surface area contributed by atoms with E-state index >= 15 is 0 Å². The fraction of sp³-hybridized carbons (Fsp3) is 0.273. The second-order valence-electron chi connectivity index (χ2n) is 7.42. The summed E-state index contributed by atoms with van der Waals surface area (Å²) in [5.41, 5.74) is -2.21. The number of oxime groups is 1. The van der Waals surface area contributed by atoms with Crippen LogP contribution in [0.25, 0.3) is 0 Å². The molecule has 2 amide bonds. The first kappa shape index (κ1) is 25.3. The van der Waals surface area contributed by atoms with Crippen LogP contribution in [0, 0.1) is 11.3 Å². The van der Waals surface area contributed by atoms with Crippen molar-refractivity contribution in [2.75, 3.05) is 18.5 Å². The van der Waals surface area contributed by atoms with E-state index in [0.717, 1.165) is 6.07 Å². The van der Waals surface area contributed by atoms with E-state index in [1.807, 2.05) is 0 Å². The molecule has 1 saturated heterocycles. The molecule has 0 bridgehead atoms. The van der Waals surface area contributed by atoms with E-state index in [-0.39, 0.29) is 31.9 Å². The maximum atomic E-state index is 13.2. The van der Waals surface area contributed by atoms with Crippen molar-refractivity contribution in [2.45, 2.75) is 24.9 Å². The van der Waals surface area contributed by atoms with Crippen LogP contribution in [0.15, 0.2) is 53.7 Å². The van der Waals surface area contributed by atoms with Gasteiger partial charge in [0.2, 0.25) is 11.4 Å². The minimum atomic E-state index is -4.50. The fourth-order valence-electron chi connectivity index (χ4n) is 3.22. The lowest BCUT2D eigenvalue weighted by Crippen LogP contribution is -2.55. The first-order chi connectivity index (χ1) is 16.7. The van der Waals surface area contributed by atoms with Crippen LogP contribution in [0.2, 0.25) is 0 Å². The Bertz CT molecular complexity index is 1140. The lowest BCUT2D eigenvalue weighted by molar-refractivity contribution is -0.137. The number of nitrogens with one attached hydrogen (secondary N) is 3. The third kappa shape index (κ3) is 6.61. The minimum absolute atomic E-state index is 0.0185. The quantitative estimate of drug-likeness (QED) is 0.201. The van der Waals surface area contributed by atoms with Crippen molar-refractivity contribution in [3.8, 4) is 6.07 Å². The predicted molar refractivity (Wildman–Crippen MR) is 116 cm³/mol. The summed E-state index contributed by atoms with van der Waals surface area (Å²) < 4.78 is 50.0. The van der Waals surface area contributed by atoms with Gasteiger partial charge in [-0.1, -0.05) is 29.4 Å². The Balaban J connectivity index is 1.58. The first-order valence-electron chi connectivity index (χ1n) is 10.2. The summed E-state index contributed by atoms with van der Waals surface area (Å²) in [7, 11) is 0. The van der Waals surface area contributed by atoms with Crippen LogP contribution in [-0.2, 0) is 27.0 Å². The van der Waals surface area contributed by atoms with Crippen molar-refractivity contribution < 1.29 is 37.4 Å². The van der Waals surface area contributed by atoms with Gasteiger partial charge in [0.25, 0.3) is 5.91 Å². The molecule has 0 aromatic heterocycles. The lowest BCUT2D eigenvalue weighted by atomic mass is 10.1. The number of para-hydroxylation sites is 1. The molecule has 1 aliphatic rings. The summed E-state index contributed by atoms with van der Waals surface area (Å²) in [6, 6.07) is 12.8. The molecule has 0 spiro atoms. The summed E-state index contributed by atoms with van der Waals surface area (Å²) in [5, 5.41) is 27.6. The van der Waals surface area contributed by atoms with Gasteiger partial charge in [0.15, 0.2) is 0 Å². The molecule has 1 heterocycles. The van der Waals surface area contributed by atoms with Crippen LogP contribution in [0.4, 0.5) is 29.3 Å². The molecule has 13 heteroatoms. The van der Waals surface area contributed by atoms with E-state index in [0.29, 0.717) is 11.3 Å². The van der Waals surface area contributed by atoms with Gasteiger partial charge in [0.1, 0.15) is 12.7 Å². The van der Waals surface area contributed by atoms with Gasteiger partial charge >= 0.3 is 12.3 Å². The molecule has 2 aromatic rings. The van der Waals surface area contributed by atoms with Crippen LogP contribution < -0.4 is 16.0 Å². The highest BCUT2D eigenvalue weighted by Gasteiger charge is 2.41. The zero-order valence-corrected chi connectivity index (χ0v) is 18.1. The van der Waals surface area contributed by atoms with E-state index in [9.17, 15) is 22.8 Å². The van der Waals surface area contributed by atoms with Gasteiger partial charge in [0.05, 0.1) is 17.9 Å². The SMILES string of the molecule is N#CC(=NO)C(=O)N[C@]1(OC(=O)NCc2ccc(Nc3ccccc3C(F)(F)F)cc2)CCOC1. The highest BCUT2D eigenvalue weighted by atomic mass is 19.4. The molecule has 0 aliphatic carbocycles. The monoisotopic (exact) mass is 491 g/mol. The molecule has 184 valence electrons. The number of nitrogens with zero attached hydrogens (tertiary/aromatic N) is 2. The van der Waals surface area contributed by atoms with Crippen molar-refractivity contribution in [2.24, 2.45) is 5.16 Å². The van der Waals surface area contributed by atoms with Gasteiger partial charge in [-0.2, -0.15) is 18.4 Å². The molecule has 1 fully saturated rings. The number of benzene rings is 2. The summed E-state index contributed by atoms with van der Waals surface area (Å²) in [6.07, 6.45) is -5.29. The van der Waals surface area contributed by atoms with Crippen LogP contribution in [-0.4, -0.2) is 41.9 Å². The number of ether oxygens (including phenoxy) is 2. The molecule has 10 nitrogen and oxygen atoms in total. The summed E-state index contributed by atoms with van der Waals surface area (Å²) >= 11 is 0. The van der Waals surface area contributed by atoms with Gasteiger partial charge in [-0.3, -0.25) is 4.79 Å². The molecule has 4 N–H and O–H groups in total. The number of alkyl halides is 3. The Morgan fingerprint density at radius 3 is 2.51 bits per heavy atom. The summed E-state index contributed by atoms with van der Waals surface area (Å²) in [5.74, 6) is -1.04. The zero-order valence-electron chi connectivity index (χ0n) is 18.1. The average molecular weight is 491 g/mol. The number of nitriles is 1. The second kappa shape index (κ2) is 10.7. The van der Waals surface area contributed by atoms with E-state index in [4.69, 9.17) is 19.9 Å². The van der Waals surface area contributed by atoms with Crippen molar-refractivity contribution in [1.82, 2.24) is 10.6 Å². The number of hydrogen-bond acceptors (Lipinski definition) is 8. The van der Waals surface area contributed by atoms with Crippen LogP contribution in [0.1, 0.15) is 17.5 Å². The first-order valence-corrected chi connectivity index (χ1v) is 10.2. The molecule has 1 atom stereocenters. The lowest BCUT2D eigenvalue weighted by Gasteiger charge is -2.28. The maximum absolute atomic E-state index is 13.2. The van der Waals surface area contributed by atoms with Crippen LogP contribution in [0.3, 0.4) is 0 Å². The molecular weight excluding hydrogens is 471 g/mol. The number of halogens is 3. The molecule has 0 unspecified atom stereocenters. The largest absolute Gasteiger partial charge is 0.420 e. The molecule has 0 radical (unpaired) electrons. The van der Waals surface area contributed by atoms with Gasteiger partial charge in [-0.05, 0) is 29.8 Å². The van der Waals surface area contributed by atoms with Gasteiger partial charge in [-0.15, -0.1) is 0 Å². The molecule has 0 saturated carbocycles. The number of alkyl carbamates (subject to hydrolysis) is 1. The third-order valence-corrected chi connectivity index (χ3v) is 4.94. The minimum Gasteiger partial charge on any atom is -0.420 e. The van der Waals surface area contributed by atoms with E-state index in [1.54, 1.807) is 24.3 Å². The molecular formula is C22H20F3N5O5. The number of hydrogen-bond donors (Lipinski definition) is 4. The van der Waals surface area contributed by atoms with E-state index in [1.165, 1.54) is 24.3 Å². The second-order valence-corrected chi connectivity index (χ2v) is 7.42. The molecule has 2 aromatic carbocycles. The van der Waals surface area contributed by atoms with Crippen molar-refractivity contribution in [3.63, 3.8) is 0 Å². The Hall–Kier alpha value is -4.31. The number of rotatable bonds is 7. The molecule has 3 rings (SSSR count). The van der Waals surface area contributed by atoms with Crippen molar-refractivity contribution in [1.29, 1.82) is 5.26 Å². The van der Waals surface area contributed by atoms with Crippen molar-refractivity contribution in [3.05, 3.63) is 59.7 Å². The zero-order chi connectivity index (χ0) is 25.5. The molecule has 35 heavy (non-hydrogen) atoms.